The molecule has 0 radical (unpaired) electrons. The number of H-pyrrole nitrogens is 1. The monoisotopic (exact) mass is 284 g/mol. The second-order valence-corrected chi connectivity index (χ2v) is 5.27. The largest absolute Gasteiger partial charge is 0.383 e. The lowest BCUT2D eigenvalue weighted by atomic mass is 10.00. The fourth-order valence-corrected chi connectivity index (χ4v) is 2.70. The van der Waals surface area contributed by atoms with E-state index in [1.165, 1.54) is 5.56 Å². The Morgan fingerprint density at radius 1 is 1.38 bits per heavy atom. The number of benzene rings is 1. The molecule has 0 saturated carbocycles. The van der Waals surface area contributed by atoms with Crippen LogP contribution in [0.5, 0.6) is 0 Å². The summed E-state index contributed by atoms with van der Waals surface area (Å²) in [6, 6.07) is 8.29. The third kappa shape index (κ3) is 2.83. The Kier molecular flexibility index (Phi) is 4.01. The van der Waals surface area contributed by atoms with Gasteiger partial charge in [-0.15, -0.1) is 0 Å². The summed E-state index contributed by atoms with van der Waals surface area (Å²) in [5.74, 6) is 0. The summed E-state index contributed by atoms with van der Waals surface area (Å²) < 4.78 is 0. The molecular formula is C16H20N4O. The van der Waals surface area contributed by atoms with Crippen LogP contribution >= 0.6 is 0 Å². The van der Waals surface area contributed by atoms with Crippen molar-refractivity contribution < 1.29 is 0 Å². The van der Waals surface area contributed by atoms with Crippen LogP contribution in [-0.2, 0) is 13.0 Å². The zero-order valence-corrected chi connectivity index (χ0v) is 12.2. The topological polar surface area (TPSA) is 69.8 Å². The minimum atomic E-state index is -0.0789. The van der Waals surface area contributed by atoms with E-state index in [4.69, 9.17) is 0 Å². The number of aromatic amines is 1. The molecule has 5 nitrogen and oxygen atoms in total. The first-order chi connectivity index (χ1) is 10.3. The molecule has 0 fully saturated rings. The second kappa shape index (κ2) is 6.10. The molecule has 0 atom stereocenters. The molecule has 3 rings (SSSR count). The Balaban J connectivity index is 2.02. The highest BCUT2D eigenvalue weighted by molar-refractivity contribution is 5.77. The standard InChI is InChI=1S/C16H20N4O/c1-2-17-10-11-5-3-6-12(9-11)14-15-13(7-4-8-18-15)16(21)20-19-14/h3,5-6,9,17-18H,2,4,7-8,10H2,1H3,(H,20,21). The van der Waals surface area contributed by atoms with Crippen LogP contribution < -0.4 is 16.2 Å². The number of anilines is 1. The van der Waals surface area contributed by atoms with Crippen molar-refractivity contribution in [2.75, 3.05) is 18.4 Å². The predicted octanol–water partition coefficient (Wildman–Crippen LogP) is 1.90. The van der Waals surface area contributed by atoms with Crippen LogP contribution in [0.15, 0.2) is 29.1 Å². The van der Waals surface area contributed by atoms with Gasteiger partial charge in [0.05, 0.1) is 5.69 Å². The average molecular weight is 284 g/mol. The number of hydrogen-bond donors (Lipinski definition) is 3. The quantitative estimate of drug-likeness (QED) is 0.802. The van der Waals surface area contributed by atoms with Crippen LogP contribution in [-0.4, -0.2) is 23.3 Å². The second-order valence-electron chi connectivity index (χ2n) is 5.27. The number of nitrogens with one attached hydrogen (secondary N) is 3. The van der Waals surface area contributed by atoms with Crippen molar-refractivity contribution >= 4 is 5.69 Å². The SMILES string of the molecule is CCNCc1cccc(-c2n[nH]c(=O)c3c2NCCC3)c1. The van der Waals surface area contributed by atoms with Gasteiger partial charge in [-0.3, -0.25) is 4.79 Å². The van der Waals surface area contributed by atoms with E-state index >= 15 is 0 Å². The maximum absolute atomic E-state index is 11.9. The number of rotatable bonds is 4. The van der Waals surface area contributed by atoms with Crippen molar-refractivity contribution in [2.45, 2.75) is 26.3 Å². The first-order valence-electron chi connectivity index (χ1n) is 7.45. The molecule has 0 unspecified atom stereocenters. The van der Waals surface area contributed by atoms with E-state index in [0.717, 1.165) is 55.0 Å². The molecule has 21 heavy (non-hydrogen) atoms. The van der Waals surface area contributed by atoms with Gasteiger partial charge >= 0.3 is 0 Å². The molecule has 0 saturated heterocycles. The normalized spacial score (nSPS) is 13.6. The third-order valence-electron chi connectivity index (χ3n) is 3.77. The van der Waals surface area contributed by atoms with Gasteiger partial charge in [0.1, 0.15) is 5.69 Å². The molecule has 0 spiro atoms. The Labute approximate surface area is 123 Å². The summed E-state index contributed by atoms with van der Waals surface area (Å²) in [6.07, 6.45) is 1.80. The van der Waals surface area contributed by atoms with Gasteiger partial charge in [0.15, 0.2) is 0 Å². The highest BCUT2D eigenvalue weighted by Gasteiger charge is 2.18. The summed E-state index contributed by atoms with van der Waals surface area (Å²) in [4.78, 5) is 11.9. The number of hydrogen-bond acceptors (Lipinski definition) is 4. The van der Waals surface area contributed by atoms with Crippen molar-refractivity contribution in [2.24, 2.45) is 0 Å². The van der Waals surface area contributed by atoms with Crippen molar-refractivity contribution in [1.82, 2.24) is 15.5 Å². The van der Waals surface area contributed by atoms with E-state index in [9.17, 15) is 4.79 Å². The van der Waals surface area contributed by atoms with E-state index in [0.29, 0.717) is 0 Å². The van der Waals surface area contributed by atoms with Gasteiger partial charge in [0, 0.05) is 24.2 Å². The zero-order valence-electron chi connectivity index (χ0n) is 12.2. The molecule has 0 amide bonds. The van der Waals surface area contributed by atoms with Crippen molar-refractivity contribution in [3.05, 3.63) is 45.7 Å². The number of fused-ring (bicyclic) bond motifs is 1. The summed E-state index contributed by atoms with van der Waals surface area (Å²) in [5, 5.41) is 13.5. The van der Waals surface area contributed by atoms with Crippen LogP contribution in [0, 0.1) is 0 Å². The molecule has 1 aromatic heterocycles. The minimum Gasteiger partial charge on any atom is -0.383 e. The third-order valence-corrected chi connectivity index (χ3v) is 3.77. The van der Waals surface area contributed by atoms with Crippen molar-refractivity contribution in [3.8, 4) is 11.3 Å². The minimum absolute atomic E-state index is 0.0789. The van der Waals surface area contributed by atoms with E-state index in [1.54, 1.807) is 0 Å². The Hall–Kier alpha value is -2.14. The lowest BCUT2D eigenvalue weighted by molar-refractivity contribution is 0.727. The smallest absolute Gasteiger partial charge is 0.269 e. The van der Waals surface area contributed by atoms with E-state index in [1.807, 2.05) is 12.1 Å². The molecule has 1 aromatic carbocycles. The maximum atomic E-state index is 11.9. The van der Waals surface area contributed by atoms with Gasteiger partial charge in [-0.25, -0.2) is 5.10 Å². The van der Waals surface area contributed by atoms with Gasteiger partial charge in [0.25, 0.3) is 5.56 Å². The Bertz CT molecular complexity index is 693. The number of nitrogens with zero attached hydrogens (tertiary/aromatic N) is 1. The molecule has 0 bridgehead atoms. The zero-order chi connectivity index (χ0) is 14.7. The summed E-state index contributed by atoms with van der Waals surface area (Å²) in [6.45, 7) is 4.76. The molecule has 110 valence electrons. The molecule has 1 aliphatic rings. The predicted molar refractivity (Wildman–Crippen MR) is 84.5 cm³/mol. The fourth-order valence-electron chi connectivity index (χ4n) is 2.70. The van der Waals surface area contributed by atoms with Crippen LogP contribution in [0.1, 0.15) is 24.5 Å². The van der Waals surface area contributed by atoms with Gasteiger partial charge in [-0.1, -0.05) is 25.1 Å². The Morgan fingerprint density at radius 2 is 2.29 bits per heavy atom. The molecule has 5 heteroatoms. The molecule has 2 heterocycles. The molecule has 2 aromatic rings. The van der Waals surface area contributed by atoms with Crippen LogP contribution in [0.4, 0.5) is 5.69 Å². The van der Waals surface area contributed by atoms with Crippen LogP contribution in [0.2, 0.25) is 0 Å². The lowest BCUT2D eigenvalue weighted by Gasteiger charge is -2.19. The van der Waals surface area contributed by atoms with Gasteiger partial charge in [-0.05, 0) is 31.0 Å². The van der Waals surface area contributed by atoms with Gasteiger partial charge in [0.2, 0.25) is 0 Å². The first kappa shape index (κ1) is 13.8. The van der Waals surface area contributed by atoms with E-state index in [-0.39, 0.29) is 5.56 Å². The van der Waals surface area contributed by atoms with E-state index in [2.05, 4.69) is 39.9 Å². The maximum Gasteiger partial charge on any atom is 0.269 e. The molecule has 1 aliphatic heterocycles. The Morgan fingerprint density at radius 3 is 3.14 bits per heavy atom. The highest BCUT2D eigenvalue weighted by Crippen LogP contribution is 2.29. The molecular weight excluding hydrogens is 264 g/mol. The van der Waals surface area contributed by atoms with Gasteiger partial charge < -0.3 is 10.6 Å². The summed E-state index contributed by atoms with van der Waals surface area (Å²) >= 11 is 0. The summed E-state index contributed by atoms with van der Waals surface area (Å²) in [5.41, 5.74) is 4.72. The van der Waals surface area contributed by atoms with Crippen LogP contribution in [0.25, 0.3) is 11.3 Å². The highest BCUT2D eigenvalue weighted by atomic mass is 16.1. The number of aromatic nitrogens is 2. The lowest BCUT2D eigenvalue weighted by Crippen LogP contribution is -2.24. The fraction of sp³-hybridized carbons (Fsp3) is 0.375. The van der Waals surface area contributed by atoms with Crippen LogP contribution in [0.3, 0.4) is 0 Å². The van der Waals surface area contributed by atoms with Crippen molar-refractivity contribution in [1.29, 1.82) is 0 Å². The first-order valence-corrected chi connectivity index (χ1v) is 7.45. The van der Waals surface area contributed by atoms with Crippen molar-refractivity contribution in [3.63, 3.8) is 0 Å². The average Bonchev–Trinajstić information content (AvgIpc) is 2.54. The van der Waals surface area contributed by atoms with E-state index < -0.39 is 0 Å². The molecule has 3 N–H and O–H groups in total. The summed E-state index contributed by atoms with van der Waals surface area (Å²) in [7, 11) is 0. The molecule has 0 aliphatic carbocycles. The van der Waals surface area contributed by atoms with Gasteiger partial charge in [-0.2, -0.15) is 5.10 Å².